The van der Waals surface area contributed by atoms with Gasteiger partial charge in [0.15, 0.2) is 5.78 Å². The summed E-state index contributed by atoms with van der Waals surface area (Å²) in [5, 5.41) is 0. The first kappa shape index (κ1) is 11.1. The average molecular weight is 214 g/mol. The number of Topliss-reactive ketones (excluding diaryl/α,β-unsaturated/α-hetero) is 1. The third-order valence-corrected chi connectivity index (χ3v) is 3.15. The number of rotatable bonds is 2. The van der Waals surface area contributed by atoms with Crippen LogP contribution in [0, 0.1) is 0 Å². The van der Waals surface area contributed by atoms with Crippen LogP contribution in [0.1, 0.15) is 39.0 Å². The zero-order valence-corrected chi connectivity index (χ0v) is 9.83. The normalized spacial score (nSPS) is 20.7. The zero-order chi connectivity index (χ0) is 11.4. The number of allylic oxidation sites excluding steroid dienone is 8. The SMILES string of the molecule is CC(=O)C1=C(C2=CCCCCC=C2)CC=C1. The fraction of sp³-hybridized carbons (Fsp3) is 0.400. The molecule has 1 nitrogen and oxygen atoms in total. The Kier molecular flexibility index (Phi) is 3.55. The highest BCUT2D eigenvalue weighted by Crippen LogP contribution is 2.28. The lowest BCUT2D eigenvalue weighted by Crippen LogP contribution is -1.98. The molecular weight excluding hydrogens is 196 g/mol. The van der Waals surface area contributed by atoms with Crippen molar-refractivity contribution in [3.63, 3.8) is 0 Å². The summed E-state index contributed by atoms with van der Waals surface area (Å²) in [6.07, 6.45) is 16.5. The monoisotopic (exact) mass is 214 g/mol. The van der Waals surface area contributed by atoms with E-state index in [1.807, 2.05) is 6.08 Å². The molecule has 1 heteroatoms. The van der Waals surface area contributed by atoms with Gasteiger partial charge in [-0.3, -0.25) is 4.79 Å². The van der Waals surface area contributed by atoms with E-state index in [-0.39, 0.29) is 5.78 Å². The highest BCUT2D eigenvalue weighted by atomic mass is 16.1. The van der Waals surface area contributed by atoms with Gasteiger partial charge in [-0.25, -0.2) is 0 Å². The van der Waals surface area contributed by atoms with Crippen molar-refractivity contribution in [1.29, 1.82) is 0 Å². The number of carbonyl (C=O) groups excluding carboxylic acids is 1. The van der Waals surface area contributed by atoms with Crippen LogP contribution in [0.25, 0.3) is 0 Å². The van der Waals surface area contributed by atoms with Crippen LogP contribution < -0.4 is 0 Å². The Morgan fingerprint density at radius 1 is 1.12 bits per heavy atom. The fourth-order valence-corrected chi connectivity index (χ4v) is 2.27. The molecule has 84 valence electrons. The summed E-state index contributed by atoms with van der Waals surface area (Å²) < 4.78 is 0. The minimum Gasteiger partial charge on any atom is -0.295 e. The van der Waals surface area contributed by atoms with E-state index < -0.39 is 0 Å². The fourth-order valence-electron chi connectivity index (χ4n) is 2.27. The first-order valence-electron chi connectivity index (χ1n) is 6.07. The van der Waals surface area contributed by atoms with Crippen molar-refractivity contribution in [3.8, 4) is 0 Å². The molecule has 2 aliphatic carbocycles. The van der Waals surface area contributed by atoms with Crippen molar-refractivity contribution >= 4 is 5.78 Å². The summed E-state index contributed by atoms with van der Waals surface area (Å²) in [5.41, 5.74) is 3.37. The van der Waals surface area contributed by atoms with Crippen LogP contribution >= 0.6 is 0 Å². The van der Waals surface area contributed by atoms with Gasteiger partial charge in [0.25, 0.3) is 0 Å². The van der Waals surface area contributed by atoms with Crippen molar-refractivity contribution in [2.24, 2.45) is 0 Å². The van der Waals surface area contributed by atoms with Gasteiger partial charge in [0.2, 0.25) is 0 Å². The van der Waals surface area contributed by atoms with Gasteiger partial charge in [-0.2, -0.15) is 0 Å². The lowest BCUT2D eigenvalue weighted by molar-refractivity contribution is -0.113. The largest absolute Gasteiger partial charge is 0.295 e. The van der Waals surface area contributed by atoms with Crippen molar-refractivity contribution in [1.82, 2.24) is 0 Å². The standard InChI is InChI=1S/C15H18O/c1-12(16)14-10-7-11-15(14)13-8-5-3-2-4-6-9-13/h5,7-10H,2-4,6,11H2,1H3. The Morgan fingerprint density at radius 2 is 1.94 bits per heavy atom. The molecule has 0 saturated carbocycles. The molecule has 0 aromatic carbocycles. The van der Waals surface area contributed by atoms with Crippen LogP contribution in [0.4, 0.5) is 0 Å². The molecule has 0 amide bonds. The maximum Gasteiger partial charge on any atom is 0.160 e. The van der Waals surface area contributed by atoms with Crippen LogP contribution in [0.3, 0.4) is 0 Å². The summed E-state index contributed by atoms with van der Waals surface area (Å²) in [4.78, 5) is 11.5. The summed E-state index contributed by atoms with van der Waals surface area (Å²) in [6.45, 7) is 1.65. The summed E-state index contributed by atoms with van der Waals surface area (Å²) in [6, 6.07) is 0. The van der Waals surface area contributed by atoms with E-state index >= 15 is 0 Å². The van der Waals surface area contributed by atoms with Crippen molar-refractivity contribution < 1.29 is 4.79 Å². The van der Waals surface area contributed by atoms with E-state index in [0.29, 0.717) is 0 Å². The lowest BCUT2D eigenvalue weighted by atomic mass is 9.95. The van der Waals surface area contributed by atoms with Gasteiger partial charge >= 0.3 is 0 Å². The molecule has 0 heterocycles. The Hall–Kier alpha value is -1.37. The van der Waals surface area contributed by atoms with E-state index in [0.717, 1.165) is 24.8 Å². The first-order valence-corrected chi connectivity index (χ1v) is 6.07. The zero-order valence-electron chi connectivity index (χ0n) is 9.83. The molecule has 0 atom stereocenters. The lowest BCUT2D eigenvalue weighted by Gasteiger charge is -2.09. The predicted molar refractivity (Wildman–Crippen MR) is 67.2 cm³/mol. The quantitative estimate of drug-likeness (QED) is 0.681. The van der Waals surface area contributed by atoms with Crippen LogP contribution in [-0.4, -0.2) is 5.78 Å². The maximum atomic E-state index is 11.5. The van der Waals surface area contributed by atoms with Gasteiger partial charge in [0.05, 0.1) is 0 Å². The number of hydrogen-bond acceptors (Lipinski definition) is 1. The molecular formula is C15H18O. The van der Waals surface area contributed by atoms with E-state index in [2.05, 4.69) is 24.3 Å². The van der Waals surface area contributed by atoms with Gasteiger partial charge < -0.3 is 0 Å². The minimum absolute atomic E-state index is 0.181. The first-order chi connectivity index (χ1) is 7.79. The topological polar surface area (TPSA) is 17.1 Å². The highest BCUT2D eigenvalue weighted by Gasteiger charge is 2.15. The van der Waals surface area contributed by atoms with Gasteiger partial charge in [-0.1, -0.05) is 30.4 Å². The molecule has 0 radical (unpaired) electrons. The third-order valence-electron chi connectivity index (χ3n) is 3.15. The second-order valence-electron chi connectivity index (χ2n) is 4.40. The maximum absolute atomic E-state index is 11.5. The predicted octanol–water partition coefficient (Wildman–Crippen LogP) is 3.89. The molecule has 0 aliphatic heterocycles. The molecule has 0 spiro atoms. The molecule has 0 N–H and O–H groups in total. The highest BCUT2D eigenvalue weighted by molar-refractivity contribution is 5.98. The minimum atomic E-state index is 0.181. The van der Waals surface area contributed by atoms with Crippen LogP contribution in [0.2, 0.25) is 0 Å². The molecule has 0 bridgehead atoms. The Bertz CT molecular complexity index is 405. The second-order valence-corrected chi connectivity index (χ2v) is 4.40. The molecule has 2 rings (SSSR count). The van der Waals surface area contributed by atoms with Crippen molar-refractivity contribution in [2.75, 3.05) is 0 Å². The molecule has 2 aliphatic rings. The van der Waals surface area contributed by atoms with E-state index in [1.54, 1.807) is 6.92 Å². The van der Waals surface area contributed by atoms with Gasteiger partial charge in [0.1, 0.15) is 0 Å². The summed E-state index contributed by atoms with van der Waals surface area (Å²) in [5.74, 6) is 0.181. The van der Waals surface area contributed by atoms with Crippen LogP contribution in [0.15, 0.2) is 47.1 Å². The molecule has 16 heavy (non-hydrogen) atoms. The molecule has 0 aromatic heterocycles. The molecule has 0 unspecified atom stereocenters. The van der Waals surface area contributed by atoms with Gasteiger partial charge in [-0.15, -0.1) is 0 Å². The summed E-state index contributed by atoms with van der Waals surface area (Å²) in [7, 11) is 0. The van der Waals surface area contributed by atoms with E-state index in [4.69, 9.17) is 0 Å². The Balaban J connectivity index is 2.29. The van der Waals surface area contributed by atoms with E-state index in [9.17, 15) is 4.79 Å². The Morgan fingerprint density at radius 3 is 2.75 bits per heavy atom. The Labute approximate surface area is 97.2 Å². The molecule has 0 aromatic rings. The van der Waals surface area contributed by atoms with Crippen molar-refractivity contribution in [3.05, 3.63) is 47.1 Å². The second kappa shape index (κ2) is 5.11. The third kappa shape index (κ3) is 2.41. The molecule has 0 saturated heterocycles. The molecule has 0 fully saturated rings. The smallest absolute Gasteiger partial charge is 0.160 e. The number of ketones is 1. The summed E-state index contributed by atoms with van der Waals surface area (Å²) >= 11 is 0. The van der Waals surface area contributed by atoms with E-state index in [1.165, 1.54) is 24.0 Å². The average Bonchev–Trinajstić information content (AvgIpc) is 2.65. The van der Waals surface area contributed by atoms with Crippen molar-refractivity contribution in [2.45, 2.75) is 39.0 Å². The van der Waals surface area contributed by atoms with Gasteiger partial charge in [0, 0.05) is 5.57 Å². The van der Waals surface area contributed by atoms with Crippen LogP contribution in [-0.2, 0) is 4.79 Å². The number of hydrogen-bond donors (Lipinski definition) is 0. The van der Waals surface area contributed by atoms with Gasteiger partial charge in [-0.05, 0) is 50.2 Å². The van der Waals surface area contributed by atoms with Crippen LogP contribution in [0.5, 0.6) is 0 Å². The number of carbonyl (C=O) groups is 1.